The molecule has 0 amide bonds. The van der Waals surface area contributed by atoms with Gasteiger partial charge in [0.1, 0.15) is 0 Å². The number of aliphatic carboxylic acids is 1. The summed E-state index contributed by atoms with van der Waals surface area (Å²) in [7, 11) is 0. The van der Waals surface area contributed by atoms with Gasteiger partial charge < -0.3 is 10.2 Å². The number of carboxylic acid groups (broad SMARTS) is 1. The maximum atomic E-state index is 10.2. The Balaban J connectivity index is 2.23. The summed E-state index contributed by atoms with van der Waals surface area (Å²) in [5, 5.41) is 17.7. The number of carboxylic acids is 1. The Labute approximate surface area is 69.8 Å². The van der Waals surface area contributed by atoms with E-state index in [4.69, 9.17) is 10.2 Å². The molecule has 1 fully saturated rings. The van der Waals surface area contributed by atoms with Gasteiger partial charge in [0.05, 0.1) is 0 Å². The molecular formula is C7H12O3S. The predicted octanol–water partition coefficient (Wildman–Crippen LogP) is 0.718. The van der Waals surface area contributed by atoms with Crippen LogP contribution in [0.15, 0.2) is 0 Å². The average Bonchev–Trinajstić information content (AvgIpc) is 2.39. The Hall–Kier alpha value is -0.220. The van der Waals surface area contributed by atoms with E-state index in [2.05, 4.69) is 0 Å². The fourth-order valence-corrected chi connectivity index (χ4v) is 2.50. The van der Waals surface area contributed by atoms with E-state index in [-0.39, 0.29) is 0 Å². The zero-order valence-corrected chi connectivity index (χ0v) is 7.01. The molecule has 0 radical (unpaired) electrons. The highest BCUT2D eigenvalue weighted by Crippen LogP contribution is 2.29. The number of aliphatic hydroxyl groups excluding tert-OH is 1. The number of hydrogen-bond donors (Lipinski definition) is 2. The summed E-state index contributed by atoms with van der Waals surface area (Å²) in [4.78, 5) is 10.2. The first kappa shape index (κ1) is 8.87. The molecule has 0 aromatic carbocycles. The van der Waals surface area contributed by atoms with E-state index in [0.717, 1.165) is 18.6 Å². The van der Waals surface area contributed by atoms with Crippen LogP contribution in [-0.2, 0) is 4.79 Å². The summed E-state index contributed by atoms with van der Waals surface area (Å²) in [6.45, 7) is 0. The number of hydrogen-bond acceptors (Lipinski definition) is 3. The van der Waals surface area contributed by atoms with Crippen LogP contribution in [0.25, 0.3) is 0 Å². The third-order valence-corrected chi connectivity index (χ3v) is 3.22. The van der Waals surface area contributed by atoms with Gasteiger partial charge in [-0.25, -0.2) is 4.79 Å². The molecule has 1 rings (SSSR count). The molecule has 0 aromatic rings. The summed E-state index contributed by atoms with van der Waals surface area (Å²) >= 11 is 1.76. The summed E-state index contributed by atoms with van der Waals surface area (Å²) < 4.78 is 0. The van der Waals surface area contributed by atoms with E-state index < -0.39 is 12.1 Å². The third kappa shape index (κ3) is 2.71. The Morgan fingerprint density at radius 2 is 2.45 bits per heavy atom. The number of carbonyl (C=O) groups is 1. The minimum Gasteiger partial charge on any atom is -0.479 e. The van der Waals surface area contributed by atoms with Crippen LogP contribution < -0.4 is 0 Å². The molecule has 64 valence electrons. The van der Waals surface area contributed by atoms with Crippen molar-refractivity contribution in [2.75, 3.05) is 5.75 Å². The standard InChI is InChI=1S/C7H12O3S/c8-6(7(9)10)4-5-2-1-3-11-5/h5-6,8H,1-4H2,(H,9,10). The van der Waals surface area contributed by atoms with Crippen molar-refractivity contribution in [3.8, 4) is 0 Å². The van der Waals surface area contributed by atoms with Crippen molar-refractivity contribution in [3.63, 3.8) is 0 Å². The van der Waals surface area contributed by atoms with Crippen molar-refractivity contribution >= 4 is 17.7 Å². The lowest BCUT2D eigenvalue weighted by Gasteiger charge is -2.09. The van der Waals surface area contributed by atoms with Crippen molar-refractivity contribution in [1.82, 2.24) is 0 Å². The molecule has 0 bridgehead atoms. The monoisotopic (exact) mass is 176 g/mol. The first-order valence-electron chi connectivity index (χ1n) is 3.72. The van der Waals surface area contributed by atoms with Crippen LogP contribution in [0.3, 0.4) is 0 Å². The minimum absolute atomic E-state index is 0.362. The fourth-order valence-electron chi connectivity index (χ4n) is 1.18. The van der Waals surface area contributed by atoms with E-state index in [1.165, 1.54) is 0 Å². The molecule has 0 aliphatic carbocycles. The van der Waals surface area contributed by atoms with Gasteiger partial charge in [0.25, 0.3) is 0 Å². The fraction of sp³-hybridized carbons (Fsp3) is 0.857. The second-order valence-corrected chi connectivity index (χ2v) is 4.13. The summed E-state index contributed by atoms with van der Waals surface area (Å²) in [6, 6.07) is 0. The lowest BCUT2D eigenvalue weighted by Crippen LogP contribution is -2.23. The summed E-state index contributed by atoms with van der Waals surface area (Å²) in [5.41, 5.74) is 0. The summed E-state index contributed by atoms with van der Waals surface area (Å²) in [6.07, 6.45) is 1.45. The van der Waals surface area contributed by atoms with Crippen LogP contribution in [0.4, 0.5) is 0 Å². The molecule has 11 heavy (non-hydrogen) atoms. The molecule has 0 spiro atoms. The quantitative estimate of drug-likeness (QED) is 0.665. The van der Waals surface area contributed by atoms with Gasteiger partial charge in [-0.15, -0.1) is 0 Å². The summed E-state index contributed by atoms with van der Waals surface area (Å²) in [5.74, 6) is 0.00860. The zero-order valence-electron chi connectivity index (χ0n) is 6.19. The van der Waals surface area contributed by atoms with Crippen molar-refractivity contribution < 1.29 is 15.0 Å². The lowest BCUT2D eigenvalue weighted by atomic mass is 10.1. The van der Waals surface area contributed by atoms with Crippen LogP contribution in [0.2, 0.25) is 0 Å². The van der Waals surface area contributed by atoms with Crippen LogP contribution in [0, 0.1) is 0 Å². The van der Waals surface area contributed by atoms with Gasteiger partial charge in [-0.05, 0) is 25.0 Å². The Bertz CT molecular complexity index is 143. The molecule has 0 aromatic heterocycles. The molecular weight excluding hydrogens is 164 g/mol. The van der Waals surface area contributed by atoms with Crippen LogP contribution in [0.5, 0.6) is 0 Å². The van der Waals surface area contributed by atoms with Gasteiger partial charge in [-0.3, -0.25) is 0 Å². The molecule has 2 N–H and O–H groups in total. The van der Waals surface area contributed by atoms with E-state index in [1.807, 2.05) is 0 Å². The number of thioether (sulfide) groups is 1. The second-order valence-electron chi connectivity index (χ2n) is 2.72. The van der Waals surface area contributed by atoms with E-state index in [9.17, 15) is 4.79 Å². The van der Waals surface area contributed by atoms with Gasteiger partial charge >= 0.3 is 5.97 Å². The molecule has 1 aliphatic rings. The molecule has 1 saturated heterocycles. The van der Waals surface area contributed by atoms with E-state index >= 15 is 0 Å². The minimum atomic E-state index is -1.16. The molecule has 2 atom stereocenters. The van der Waals surface area contributed by atoms with Crippen LogP contribution in [0.1, 0.15) is 19.3 Å². The van der Waals surface area contributed by atoms with Crippen molar-refractivity contribution in [3.05, 3.63) is 0 Å². The van der Waals surface area contributed by atoms with E-state index in [1.54, 1.807) is 11.8 Å². The second kappa shape index (κ2) is 3.97. The van der Waals surface area contributed by atoms with Gasteiger partial charge in [0, 0.05) is 5.25 Å². The highest BCUT2D eigenvalue weighted by Gasteiger charge is 2.22. The largest absolute Gasteiger partial charge is 0.479 e. The Morgan fingerprint density at radius 1 is 1.73 bits per heavy atom. The van der Waals surface area contributed by atoms with E-state index in [0.29, 0.717) is 11.7 Å². The van der Waals surface area contributed by atoms with Gasteiger partial charge in [-0.1, -0.05) is 0 Å². The van der Waals surface area contributed by atoms with Crippen LogP contribution in [-0.4, -0.2) is 33.3 Å². The Morgan fingerprint density at radius 3 is 2.91 bits per heavy atom. The van der Waals surface area contributed by atoms with Crippen molar-refractivity contribution in [2.45, 2.75) is 30.6 Å². The van der Waals surface area contributed by atoms with Gasteiger partial charge in [0.15, 0.2) is 6.10 Å². The highest BCUT2D eigenvalue weighted by atomic mass is 32.2. The van der Waals surface area contributed by atoms with Crippen LogP contribution >= 0.6 is 11.8 Å². The molecule has 0 saturated carbocycles. The number of rotatable bonds is 3. The Kier molecular flexibility index (Phi) is 3.20. The maximum Gasteiger partial charge on any atom is 0.332 e. The zero-order chi connectivity index (χ0) is 8.27. The van der Waals surface area contributed by atoms with Gasteiger partial charge in [0.2, 0.25) is 0 Å². The average molecular weight is 176 g/mol. The normalized spacial score (nSPS) is 26.8. The van der Waals surface area contributed by atoms with Crippen molar-refractivity contribution in [1.29, 1.82) is 0 Å². The maximum absolute atomic E-state index is 10.2. The third-order valence-electron chi connectivity index (χ3n) is 1.80. The SMILES string of the molecule is O=C(O)C(O)CC1CCCS1. The van der Waals surface area contributed by atoms with Crippen molar-refractivity contribution in [2.24, 2.45) is 0 Å². The molecule has 1 heterocycles. The smallest absolute Gasteiger partial charge is 0.332 e. The lowest BCUT2D eigenvalue weighted by molar-refractivity contribution is -0.146. The first-order valence-corrected chi connectivity index (χ1v) is 4.77. The molecule has 2 unspecified atom stereocenters. The first-order chi connectivity index (χ1) is 5.20. The predicted molar refractivity (Wildman–Crippen MR) is 43.7 cm³/mol. The topological polar surface area (TPSA) is 57.5 Å². The number of aliphatic hydroxyl groups is 1. The van der Waals surface area contributed by atoms with Gasteiger partial charge in [-0.2, -0.15) is 11.8 Å². The molecule has 4 heteroatoms. The molecule has 1 aliphatic heterocycles. The molecule has 3 nitrogen and oxygen atoms in total. The highest BCUT2D eigenvalue weighted by molar-refractivity contribution is 8.00.